The van der Waals surface area contributed by atoms with Crippen molar-refractivity contribution in [3.8, 4) is 0 Å². The minimum atomic E-state index is -3.57. The molecule has 2 N–H and O–H groups in total. The van der Waals surface area contributed by atoms with E-state index in [1.807, 2.05) is 6.92 Å². The van der Waals surface area contributed by atoms with E-state index in [4.69, 9.17) is 10.5 Å². The molecule has 0 aromatic carbocycles. The normalized spacial score (nSPS) is 24.8. The van der Waals surface area contributed by atoms with Crippen molar-refractivity contribution in [3.63, 3.8) is 0 Å². The quantitative estimate of drug-likeness (QED) is 0.886. The average molecular weight is 299 g/mol. The minimum Gasteiger partial charge on any atom is -0.377 e. The molecule has 0 spiro atoms. The van der Waals surface area contributed by atoms with E-state index >= 15 is 0 Å². The monoisotopic (exact) mass is 299 g/mol. The highest BCUT2D eigenvalue weighted by Crippen LogP contribution is 2.27. The summed E-state index contributed by atoms with van der Waals surface area (Å²) in [5.41, 5.74) is 5.87. The summed E-state index contributed by atoms with van der Waals surface area (Å²) in [6, 6.07) is 3.20. The van der Waals surface area contributed by atoms with Crippen molar-refractivity contribution in [3.05, 3.63) is 23.9 Å². The number of ether oxygens (including phenoxy) is 1. The molecule has 0 radical (unpaired) electrons. The summed E-state index contributed by atoms with van der Waals surface area (Å²) in [6.07, 6.45) is 3.14. The van der Waals surface area contributed by atoms with Crippen LogP contribution in [0.2, 0.25) is 0 Å². The van der Waals surface area contributed by atoms with Crippen LogP contribution in [-0.4, -0.2) is 43.5 Å². The molecule has 1 aromatic heterocycles. The van der Waals surface area contributed by atoms with Gasteiger partial charge in [-0.05, 0) is 31.4 Å². The second-order valence-electron chi connectivity index (χ2n) is 5.30. The van der Waals surface area contributed by atoms with Crippen molar-refractivity contribution in [2.75, 3.05) is 20.2 Å². The molecule has 0 saturated carbocycles. The molecular formula is C13H21N3O3S. The largest absolute Gasteiger partial charge is 0.377 e. The van der Waals surface area contributed by atoms with Crippen LogP contribution in [0.25, 0.3) is 0 Å². The van der Waals surface area contributed by atoms with E-state index < -0.39 is 15.6 Å². The van der Waals surface area contributed by atoms with Gasteiger partial charge in [0.25, 0.3) is 10.0 Å². The molecule has 1 fully saturated rings. The van der Waals surface area contributed by atoms with Crippen molar-refractivity contribution in [1.29, 1.82) is 0 Å². The highest BCUT2D eigenvalue weighted by Gasteiger charge is 2.37. The van der Waals surface area contributed by atoms with Crippen LogP contribution in [0.4, 0.5) is 0 Å². The Morgan fingerprint density at radius 1 is 1.50 bits per heavy atom. The second-order valence-corrected chi connectivity index (χ2v) is 7.19. The van der Waals surface area contributed by atoms with Gasteiger partial charge in [0, 0.05) is 32.9 Å². The first-order valence-corrected chi connectivity index (χ1v) is 8.05. The van der Waals surface area contributed by atoms with E-state index in [1.165, 1.54) is 16.6 Å². The van der Waals surface area contributed by atoms with Crippen LogP contribution in [0.3, 0.4) is 0 Å². The Bertz CT molecular complexity index is 559. The standard InChI is InChI=1S/C13H21N3O3S/c1-13(19-2)6-3-7-16(10-13)20(17,18)12-5-4-11(8-14)9-15-12/h4-5,9H,3,6-8,10,14H2,1-2H3. The van der Waals surface area contributed by atoms with Crippen LogP contribution < -0.4 is 5.73 Å². The molecule has 1 aliphatic rings. The van der Waals surface area contributed by atoms with E-state index in [1.54, 1.807) is 13.2 Å². The summed E-state index contributed by atoms with van der Waals surface area (Å²) in [6.45, 7) is 3.13. The van der Waals surface area contributed by atoms with Gasteiger partial charge in [0.15, 0.2) is 5.03 Å². The molecule has 1 atom stereocenters. The maximum atomic E-state index is 12.6. The van der Waals surface area contributed by atoms with Gasteiger partial charge in [0.2, 0.25) is 0 Å². The molecule has 2 heterocycles. The molecule has 1 aliphatic heterocycles. The third-order valence-electron chi connectivity index (χ3n) is 3.75. The van der Waals surface area contributed by atoms with Gasteiger partial charge in [-0.15, -0.1) is 0 Å². The lowest BCUT2D eigenvalue weighted by atomic mass is 9.96. The van der Waals surface area contributed by atoms with Gasteiger partial charge < -0.3 is 10.5 Å². The van der Waals surface area contributed by atoms with Gasteiger partial charge in [0.1, 0.15) is 0 Å². The molecule has 7 heteroatoms. The first kappa shape index (κ1) is 15.4. The number of sulfonamides is 1. The van der Waals surface area contributed by atoms with Crippen LogP contribution in [0.5, 0.6) is 0 Å². The van der Waals surface area contributed by atoms with Gasteiger partial charge in [0.05, 0.1) is 5.60 Å². The number of hydrogen-bond acceptors (Lipinski definition) is 5. The van der Waals surface area contributed by atoms with Gasteiger partial charge in [-0.3, -0.25) is 0 Å². The zero-order valence-corrected chi connectivity index (χ0v) is 12.7. The first-order chi connectivity index (χ1) is 9.41. The van der Waals surface area contributed by atoms with E-state index in [-0.39, 0.29) is 5.03 Å². The molecular weight excluding hydrogens is 278 g/mol. The number of nitrogens with two attached hydrogens (primary N) is 1. The number of rotatable bonds is 4. The lowest BCUT2D eigenvalue weighted by Gasteiger charge is -2.38. The van der Waals surface area contributed by atoms with Gasteiger partial charge in [-0.2, -0.15) is 4.31 Å². The van der Waals surface area contributed by atoms with Crippen LogP contribution in [0, 0.1) is 0 Å². The van der Waals surface area contributed by atoms with E-state index in [2.05, 4.69) is 4.98 Å². The Hall–Kier alpha value is -1.02. The smallest absolute Gasteiger partial charge is 0.260 e. The van der Waals surface area contributed by atoms with Crippen LogP contribution in [-0.2, 0) is 21.3 Å². The van der Waals surface area contributed by atoms with Gasteiger partial charge in [-0.1, -0.05) is 6.07 Å². The van der Waals surface area contributed by atoms with Gasteiger partial charge >= 0.3 is 0 Å². The summed E-state index contributed by atoms with van der Waals surface area (Å²) >= 11 is 0. The molecule has 20 heavy (non-hydrogen) atoms. The van der Waals surface area contributed by atoms with Crippen molar-refractivity contribution in [2.45, 2.75) is 36.9 Å². The highest BCUT2D eigenvalue weighted by molar-refractivity contribution is 7.89. The minimum absolute atomic E-state index is 0.0649. The Morgan fingerprint density at radius 3 is 2.80 bits per heavy atom. The molecule has 0 amide bonds. The fraction of sp³-hybridized carbons (Fsp3) is 0.615. The zero-order valence-electron chi connectivity index (χ0n) is 11.9. The van der Waals surface area contributed by atoms with E-state index in [9.17, 15) is 8.42 Å². The number of nitrogens with zero attached hydrogens (tertiary/aromatic N) is 2. The van der Waals surface area contributed by atoms with Crippen LogP contribution >= 0.6 is 0 Å². The lowest BCUT2D eigenvalue weighted by molar-refractivity contribution is -0.0319. The molecule has 1 unspecified atom stereocenters. The third kappa shape index (κ3) is 3.01. The number of aromatic nitrogens is 1. The van der Waals surface area contributed by atoms with Crippen molar-refractivity contribution < 1.29 is 13.2 Å². The maximum absolute atomic E-state index is 12.6. The molecule has 112 valence electrons. The Labute approximate surface area is 120 Å². The highest BCUT2D eigenvalue weighted by atomic mass is 32.2. The van der Waals surface area contributed by atoms with E-state index in [0.29, 0.717) is 19.6 Å². The first-order valence-electron chi connectivity index (χ1n) is 6.61. The summed E-state index contributed by atoms with van der Waals surface area (Å²) in [5.74, 6) is 0. The Balaban J connectivity index is 2.25. The predicted octanol–water partition coefficient (Wildman–Crippen LogP) is 0.730. The third-order valence-corrected chi connectivity index (χ3v) is 5.52. The lowest BCUT2D eigenvalue weighted by Crippen LogP contribution is -2.49. The molecule has 1 saturated heterocycles. The molecule has 6 nitrogen and oxygen atoms in total. The van der Waals surface area contributed by atoms with Crippen LogP contribution in [0.15, 0.2) is 23.4 Å². The fourth-order valence-electron chi connectivity index (χ4n) is 2.35. The number of hydrogen-bond donors (Lipinski definition) is 1. The maximum Gasteiger partial charge on any atom is 0.260 e. The predicted molar refractivity (Wildman–Crippen MR) is 75.5 cm³/mol. The molecule has 1 aromatic rings. The molecule has 0 aliphatic carbocycles. The van der Waals surface area contributed by atoms with Gasteiger partial charge in [-0.25, -0.2) is 13.4 Å². The average Bonchev–Trinajstić information content (AvgIpc) is 2.47. The summed E-state index contributed by atoms with van der Waals surface area (Å²) < 4.78 is 32.0. The van der Waals surface area contributed by atoms with Crippen molar-refractivity contribution in [1.82, 2.24) is 9.29 Å². The van der Waals surface area contributed by atoms with Crippen molar-refractivity contribution in [2.24, 2.45) is 5.73 Å². The van der Waals surface area contributed by atoms with E-state index in [0.717, 1.165) is 18.4 Å². The SMILES string of the molecule is COC1(C)CCCN(S(=O)(=O)c2ccc(CN)cn2)C1. The molecule has 0 bridgehead atoms. The molecule has 2 rings (SSSR count). The zero-order chi connectivity index (χ0) is 14.8. The Kier molecular flexibility index (Phi) is 4.43. The fourth-order valence-corrected chi connectivity index (χ4v) is 3.85. The topological polar surface area (TPSA) is 85.5 Å². The van der Waals surface area contributed by atoms with Crippen LogP contribution in [0.1, 0.15) is 25.3 Å². The number of methoxy groups -OCH3 is 1. The summed E-state index contributed by atoms with van der Waals surface area (Å²) in [7, 11) is -1.95. The second kappa shape index (κ2) is 5.77. The summed E-state index contributed by atoms with van der Waals surface area (Å²) in [4.78, 5) is 4.02. The number of piperidine rings is 1. The van der Waals surface area contributed by atoms with Crippen molar-refractivity contribution >= 4 is 10.0 Å². The Morgan fingerprint density at radius 2 is 2.25 bits per heavy atom. The summed E-state index contributed by atoms with van der Waals surface area (Å²) in [5, 5.41) is 0.0649. The number of pyridine rings is 1.